The highest BCUT2D eigenvalue weighted by Crippen LogP contribution is 2.45. The maximum Gasteiger partial charge on any atom is 0.459 e. The predicted octanol–water partition coefficient (Wildman–Crippen LogP) is 3.95. The number of sulfonamides is 1. The summed E-state index contributed by atoms with van der Waals surface area (Å²) in [7, 11) is -3.39. The molecule has 36 heavy (non-hydrogen) atoms. The molecule has 0 radical (unpaired) electrons. The minimum absolute atomic E-state index is 0.173. The molecule has 0 spiro atoms. The zero-order valence-corrected chi connectivity index (χ0v) is 19.5. The number of hydrogen-bond donors (Lipinski definition) is 0. The van der Waals surface area contributed by atoms with E-state index in [4.69, 9.17) is 0 Å². The summed E-state index contributed by atoms with van der Waals surface area (Å²) in [4.78, 5) is 5.94. The molecular formula is C21H20F7N5O2S. The zero-order valence-electron chi connectivity index (χ0n) is 18.7. The Balaban J connectivity index is 1.68. The molecular weight excluding hydrogens is 519 g/mol. The molecule has 0 aliphatic carbocycles. The second kappa shape index (κ2) is 9.18. The van der Waals surface area contributed by atoms with Crippen LogP contribution >= 0.6 is 0 Å². The third kappa shape index (κ3) is 4.98. The number of anilines is 2. The van der Waals surface area contributed by atoms with E-state index in [1.165, 1.54) is 22.6 Å². The van der Waals surface area contributed by atoms with Gasteiger partial charge >= 0.3 is 12.1 Å². The molecule has 2 aliphatic rings. The lowest BCUT2D eigenvalue weighted by atomic mass is 9.99. The SMILES string of the molecule is CS(=O)(=O)N1CCN(c2cc(C3CC(C(F)(F)C(F)(F)F)=NN3c3ccc(F)cc3F)ccn2)CC1. The molecule has 196 valence electrons. The number of aromatic nitrogens is 1. The Morgan fingerprint density at radius 2 is 1.64 bits per heavy atom. The molecule has 0 bridgehead atoms. The first-order chi connectivity index (χ1) is 16.7. The highest BCUT2D eigenvalue weighted by Gasteiger charge is 2.63. The first-order valence-electron chi connectivity index (χ1n) is 10.6. The van der Waals surface area contributed by atoms with E-state index in [2.05, 4.69) is 10.1 Å². The topological polar surface area (TPSA) is 69.1 Å². The van der Waals surface area contributed by atoms with Crippen LogP contribution in [0.15, 0.2) is 41.6 Å². The van der Waals surface area contributed by atoms with Crippen LogP contribution in [0.5, 0.6) is 0 Å². The summed E-state index contributed by atoms with van der Waals surface area (Å²) in [6.07, 6.45) is -4.41. The zero-order chi connectivity index (χ0) is 26.5. The van der Waals surface area contributed by atoms with Crippen molar-refractivity contribution in [3.8, 4) is 0 Å². The highest BCUT2D eigenvalue weighted by molar-refractivity contribution is 7.88. The quantitative estimate of drug-likeness (QED) is 0.539. The number of halogens is 7. The molecule has 2 aliphatic heterocycles. The molecule has 1 unspecified atom stereocenters. The van der Waals surface area contributed by atoms with E-state index in [-0.39, 0.29) is 31.7 Å². The Bertz CT molecular complexity index is 1280. The van der Waals surface area contributed by atoms with Crippen molar-refractivity contribution in [1.82, 2.24) is 9.29 Å². The van der Waals surface area contributed by atoms with Crippen LogP contribution in [-0.2, 0) is 10.0 Å². The Labute approximate surface area is 201 Å². The van der Waals surface area contributed by atoms with Gasteiger partial charge in [-0.3, -0.25) is 5.01 Å². The number of hydrogen-bond acceptors (Lipinski definition) is 6. The fourth-order valence-corrected chi connectivity index (χ4v) is 4.90. The average Bonchev–Trinajstić information content (AvgIpc) is 3.24. The van der Waals surface area contributed by atoms with Crippen molar-refractivity contribution in [2.75, 3.05) is 42.3 Å². The minimum Gasteiger partial charge on any atom is -0.354 e. The molecule has 1 aromatic heterocycles. The van der Waals surface area contributed by atoms with Gasteiger partial charge in [-0.05, 0) is 29.8 Å². The van der Waals surface area contributed by atoms with Crippen LogP contribution < -0.4 is 9.91 Å². The number of rotatable bonds is 5. The van der Waals surface area contributed by atoms with Crippen LogP contribution in [-0.4, -0.2) is 68.0 Å². The molecule has 1 aromatic carbocycles. The van der Waals surface area contributed by atoms with Crippen molar-refractivity contribution in [2.24, 2.45) is 5.10 Å². The Morgan fingerprint density at radius 3 is 2.22 bits per heavy atom. The maximum atomic E-state index is 14.5. The molecule has 1 fully saturated rings. The van der Waals surface area contributed by atoms with E-state index in [0.717, 1.165) is 18.4 Å². The third-order valence-corrected chi connectivity index (χ3v) is 7.27. The number of hydrazone groups is 1. The average molecular weight is 539 g/mol. The summed E-state index contributed by atoms with van der Waals surface area (Å²) in [6, 6.07) is 3.76. The fraction of sp³-hybridized carbons (Fsp3) is 0.429. The second-order valence-corrected chi connectivity index (χ2v) is 10.4. The van der Waals surface area contributed by atoms with Gasteiger partial charge in [-0.25, -0.2) is 22.2 Å². The summed E-state index contributed by atoms with van der Waals surface area (Å²) in [6.45, 7) is 0.870. The van der Waals surface area contributed by atoms with Crippen molar-refractivity contribution in [2.45, 2.75) is 24.6 Å². The van der Waals surface area contributed by atoms with Gasteiger partial charge in [0, 0.05) is 44.9 Å². The lowest BCUT2D eigenvalue weighted by Gasteiger charge is -2.34. The van der Waals surface area contributed by atoms with Crippen molar-refractivity contribution in [1.29, 1.82) is 0 Å². The van der Waals surface area contributed by atoms with E-state index in [9.17, 15) is 39.2 Å². The van der Waals surface area contributed by atoms with Crippen LogP contribution in [0, 0.1) is 11.6 Å². The van der Waals surface area contributed by atoms with Crippen molar-refractivity contribution in [3.63, 3.8) is 0 Å². The van der Waals surface area contributed by atoms with Crippen molar-refractivity contribution < 1.29 is 39.2 Å². The molecule has 3 heterocycles. The number of alkyl halides is 5. The summed E-state index contributed by atoms with van der Waals surface area (Å²) >= 11 is 0. The van der Waals surface area contributed by atoms with Gasteiger partial charge in [0.2, 0.25) is 10.0 Å². The standard InChI is InChI=1S/C21H20F7N5O2S/c1-36(34,35)32-8-6-31(7-9-32)19-10-13(4-5-29-19)17-12-18(20(24,25)21(26,27)28)30-33(17)16-3-2-14(22)11-15(16)23/h2-5,10-11,17H,6-9,12H2,1H3. The number of pyridine rings is 1. The molecule has 0 N–H and O–H groups in total. The fourth-order valence-electron chi connectivity index (χ4n) is 4.08. The number of benzene rings is 1. The van der Waals surface area contributed by atoms with E-state index in [1.54, 1.807) is 4.90 Å². The number of nitrogens with zero attached hydrogens (tertiary/aromatic N) is 5. The van der Waals surface area contributed by atoms with Crippen LogP contribution in [0.3, 0.4) is 0 Å². The Kier molecular flexibility index (Phi) is 6.66. The van der Waals surface area contributed by atoms with Gasteiger partial charge in [0.25, 0.3) is 0 Å². The molecule has 1 atom stereocenters. The molecule has 2 aromatic rings. The lowest BCUT2D eigenvalue weighted by molar-refractivity contribution is -0.249. The molecule has 0 saturated carbocycles. The van der Waals surface area contributed by atoms with Gasteiger partial charge in [-0.15, -0.1) is 0 Å². The van der Waals surface area contributed by atoms with E-state index in [0.29, 0.717) is 16.9 Å². The van der Waals surface area contributed by atoms with E-state index < -0.39 is 57.6 Å². The Hall–Kier alpha value is -2.94. The summed E-state index contributed by atoms with van der Waals surface area (Å²) in [5.41, 5.74) is -1.77. The molecule has 15 heteroatoms. The predicted molar refractivity (Wildman–Crippen MR) is 117 cm³/mol. The largest absolute Gasteiger partial charge is 0.459 e. The normalized spacial score (nSPS) is 20.1. The minimum atomic E-state index is -5.92. The lowest BCUT2D eigenvalue weighted by Crippen LogP contribution is -2.48. The van der Waals surface area contributed by atoms with Crippen LogP contribution in [0.2, 0.25) is 0 Å². The highest BCUT2D eigenvalue weighted by atomic mass is 32.2. The first-order valence-corrected chi connectivity index (χ1v) is 12.5. The van der Waals surface area contributed by atoms with E-state index in [1.807, 2.05) is 0 Å². The second-order valence-electron chi connectivity index (χ2n) is 8.38. The summed E-state index contributed by atoms with van der Waals surface area (Å²) < 4.78 is 120. The maximum absolute atomic E-state index is 14.5. The molecule has 1 saturated heterocycles. The number of piperazine rings is 1. The first kappa shape index (κ1) is 26.1. The molecule has 0 amide bonds. The Morgan fingerprint density at radius 1 is 0.972 bits per heavy atom. The van der Waals surface area contributed by atoms with Crippen LogP contribution in [0.4, 0.5) is 42.2 Å². The van der Waals surface area contributed by atoms with Crippen LogP contribution in [0.25, 0.3) is 0 Å². The van der Waals surface area contributed by atoms with Crippen molar-refractivity contribution in [3.05, 3.63) is 53.7 Å². The van der Waals surface area contributed by atoms with Gasteiger partial charge in [0.15, 0.2) is 5.82 Å². The van der Waals surface area contributed by atoms with Gasteiger partial charge in [0.1, 0.15) is 17.3 Å². The molecule has 4 rings (SSSR count). The van der Waals surface area contributed by atoms with Gasteiger partial charge in [0.05, 0.1) is 18.0 Å². The monoisotopic (exact) mass is 539 g/mol. The van der Waals surface area contributed by atoms with Gasteiger partial charge < -0.3 is 4.90 Å². The smallest absolute Gasteiger partial charge is 0.354 e. The van der Waals surface area contributed by atoms with Gasteiger partial charge in [-0.1, -0.05) is 0 Å². The summed E-state index contributed by atoms with van der Waals surface area (Å²) in [5, 5.41) is 4.12. The third-order valence-electron chi connectivity index (χ3n) is 5.97. The summed E-state index contributed by atoms with van der Waals surface area (Å²) in [5.74, 6) is -7.09. The van der Waals surface area contributed by atoms with Gasteiger partial charge in [-0.2, -0.15) is 31.4 Å². The van der Waals surface area contributed by atoms with Crippen LogP contribution in [0.1, 0.15) is 18.0 Å². The molecule has 7 nitrogen and oxygen atoms in total. The van der Waals surface area contributed by atoms with Crippen molar-refractivity contribution >= 4 is 27.2 Å². The van der Waals surface area contributed by atoms with E-state index >= 15 is 0 Å².